The molecule has 0 bridgehead atoms. The molecule has 1 N–H and O–H groups in total. The summed E-state index contributed by atoms with van der Waals surface area (Å²) < 4.78 is 5.02. The van der Waals surface area contributed by atoms with Crippen LogP contribution >= 0.6 is 0 Å². The molecule has 0 saturated carbocycles. The zero-order chi connectivity index (χ0) is 7.40. The number of hydrogen-bond acceptors (Lipinski definition) is 3. The van der Waals surface area contributed by atoms with Crippen molar-refractivity contribution in [2.24, 2.45) is 0 Å². The van der Waals surface area contributed by atoms with Crippen molar-refractivity contribution >= 4 is 0 Å². The highest BCUT2D eigenvalue weighted by Gasteiger charge is 1.92. The first-order valence-electron chi connectivity index (χ1n) is 3.10. The molecule has 3 heteroatoms. The van der Waals surface area contributed by atoms with Gasteiger partial charge in [-0.2, -0.15) is 0 Å². The first-order valence-corrected chi connectivity index (χ1v) is 3.10. The van der Waals surface area contributed by atoms with Crippen LogP contribution in [0.3, 0.4) is 0 Å². The number of aromatic nitrogens is 1. The molecule has 3 nitrogen and oxygen atoms in total. The summed E-state index contributed by atoms with van der Waals surface area (Å²) in [4.78, 5) is 3.85. The lowest BCUT2D eigenvalue weighted by atomic mass is 10.4. The highest BCUT2D eigenvalue weighted by atomic mass is 16.5. The SMILES string of the molecule is CCOc1cc(O)ccn1. The summed E-state index contributed by atoms with van der Waals surface area (Å²) in [5.41, 5.74) is 0. The number of rotatable bonds is 2. The topological polar surface area (TPSA) is 42.4 Å². The summed E-state index contributed by atoms with van der Waals surface area (Å²) in [6, 6.07) is 2.98. The molecule has 0 amide bonds. The molecule has 0 aliphatic rings. The van der Waals surface area contributed by atoms with Crippen LogP contribution in [0.1, 0.15) is 6.92 Å². The number of pyridine rings is 1. The maximum atomic E-state index is 8.92. The summed E-state index contributed by atoms with van der Waals surface area (Å²) in [5.74, 6) is 0.640. The van der Waals surface area contributed by atoms with Crippen LogP contribution in [0.2, 0.25) is 0 Å². The Hall–Kier alpha value is -1.25. The van der Waals surface area contributed by atoms with E-state index in [0.717, 1.165) is 0 Å². The van der Waals surface area contributed by atoms with Gasteiger partial charge < -0.3 is 9.84 Å². The van der Waals surface area contributed by atoms with Gasteiger partial charge in [-0.3, -0.25) is 0 Å². The largest absolute Gasteiger partial charge is 0.508 e. The molecule has 0 aromatic carbocycles. The van der Waals surface area contributed by atoms with Crippen molar-refractivity contribution in [2.45, 2.75) is 6.92 Å². The van der Waals surface area contributed by atoms with Crippen LogP contribution in [-0.2, 0) is 0 Å². The Morgan fingerprint density at radius 2 is 2.50 bits per heavy atom. The molecule has 0 unspecified atom stereocenters. The third-order valence-corrected chi connectivity index (χ3v) is 1.01. The van der Waals surface area contributed by atoms with Crippen molar-refractivity contribution in [3.05, 3.63) is 18.3 Å². The van der Waals surface area contributed by atoms with Gasteiger partial charge in [0.05, 0.1) is 6.61 Å². The Balaban J connectivity index is 2.75. The number of nitrogens with zero attached hydrogens (tertiary/aromatic N) is 1. The van der Waals surface area contributed by atoms with Crippen LogP contribution in [-0.4, -0.2) is 16.7 Å². The molecular weight excluding hydrogens is 130 g/mol. The summed E-state index contributed by atoms with van der Waals surface area (Å²) in [7, 11) is 0. The van der Waals surface area contributed by atoms with Crippen molar-refractivity contribution in [1.82, 2.24) is 4.98 Å². The Morgan fingerprint density at radius 3 is 3.10 bits per heavy atom. The van der Waals surface area contributed by atoms with Crippen molar-refractivity contribution in [3.63, 3.8) is 0 Å². The van der Waals surface area contributed by atoms with E-state index in [-0.39, 0.29) is 5.75 Å². The Labute approximate surface area is 59.3 Å². The van der Waals surface area contributed by atoms with Gasteiger partial charge in [-0.1, -0.05) is 0 Å². The maximum Gasteiger partial charge on any atom is 0.216 e. The smallest absolute Gasteiger partial charge is 0.216 e. The van der Waals surface area contributed by atoms with Crippen LogP contribution in [0.15, 0.2) is 18.3 Å². The fraction of sp³-hybridized carbons (Fsp3) is 0.286. The molecule has 0 aliphatic carbocycles. The third kappa shape index (κ3) is 1.62. The highest BCUT2D eigenvalue weighted by molar-refractivity contribution is 5.24. The lowest BCUT2D eigenvalue weighted by molar-refractivity contribution is 0.324. The Kier molecular flexibility index (Phi) is 2.10. The lowest BCUT2D eigenvalue weighted by Gasteiger charge is -1.99. The molecule has 0 fully saturated rings. The van der Waals surface area contributed by atoms with Crippen LogP contribution in [0, 0.1) is 0 Å². The zero-order valence-electron chi connectivity index (χ0n) is 5.74. The molecule has 1 heterocycles. The highest BCUT2D eigenvalue weighted by Crippen LogP contribution is 2.13. The average molecular weight is 139 g/mol. The van der Waals surface area contributed by atoms with Gasteiger partial charge in [0.25, 0.3) is 0 Å². The van der Waals surface area contributed by atoms with E-state index in [1.807, 2.05) is 6.92 Å². The normalized spacial score (nSPS) is 9.30. The maximum absolute atomic E-state index is 8.92. The molecule has 1 aromatic rings. The van der Waals surface area contributed by atoms with Crippen molar-refractivity contribution in [3.8, 4) is 11.6 Å². The van der Waals surface area contributed by atoms with Crippen molar-refractivity contribution < 1.29 is 9.84 Å². The van der Waals surface area contributed by atoms with E-state index in [4.69, 9.17) is 9.84 Å². The molecule has 0 aliphatic heterocycles. The van der Waals surface area contributed by atoms with E-state index < -0.39 is 0 Å². The van der Waals surface area contributed by atoms with E-state index in [1.54, 1.807) is 0 Å². The monoisotopic (exact) mass is 139 g/mol. The van der Waals surface area contributed by atoms with Crippen LogP contribution in [0.4, 0.5) is 0 Å². The van der Waals surface area contributed by atoms with Crippen molar-refractivity contribution in [2.75, 3.05) is 6.61 Å². The molecule has 1 rings (SSSR count). The standard InChI is InChI=1S/C7H9NO2/c1-2-10-7-5-6(9)3-4-8-7/h3-5H,2H2,1H3,(H,8,9). The fourth-order valence-corrected chi connectivity index (χ4v) is 0.626. The molecular formula is C7H9NO2. The van der Waals surface area contributed by atoms with Gasteiger partial charge in [-0.15, -0.1) is 0 Å². The minimum atomic E-state index is 0.179. The third-order valence-electron chi connectivity index (χ3n) is 1.01. The molecule has 1 aromatic heterocycles. The van der Waals surface area contributed by atoms with Crippen LogP contribution in [0.25, 0.3) is 0 Å². The van der Waals surface area contributed by atoms with E-state index in [0.29, 0.717) is 12.5 Å². The van der Waals surface area contributed by atoms with E-state index in [1.165, 1.54) is 18.3 Å². The fourth-order valence-electron chi connectivity index (χ4n) is 0.626. The van der Waals surface area contributed by atoms with Crippen LogP contribution < -0.4 is 4.74 Å². The number of hydrogen-bond donors (Lipinski definition) is 1. The molecule has 0 saturated heterocycles. The minimum absolute atomic E-state index is 0.179. The second-order valence-corrected chi connectivity index (χ2v) is 1.79. The molecule has 54 valence electrons. The Bertz CT molecular complexity index is 213. The predicted molar refractivity (Wildman–Crippen MR) is 37.1 cm³/mol. The van der Waals surface area contributed by atoms with Gasteiger partial charge in [0.15, 0.2) is 0 Å². The molecule has 10 heavy (non-hydrogen) atoms. The van der Waals surface area contributed by atoms with E-state index in [9.17, 15) is 0 Å². The summed E-state index contributed by atoms with van der Waals surface area (Å²) in [6.45, 7) is 2.43. The number of ether oxygens (including phenoxy) is 1. The second kappa shape index (κ2) is 3.06. The molecule has 0 radical (unpaired) electrons. The van der Waals surface area contributed by atoms with Crippen molar-refractivity contribution in [1.29, 1.82) is 0 Å². The molecule has 0 spiro atoms. The first kappa shape index (κ1) is 6.86. The van der Waals surface area contributed by atoms with E-state index in [2.05, 4.69) is 4.98 Å². The Morgan fingerprint density at radius 1 is 1.70 bits per heavy atom. The first-order chi connectivity index (χ1) is 4.83. The van der Waals surface area contributed by atoms with Gasteiger partial charge in [-0.25, -0.2) is 4.98 Å². The van der Waals surface area contributed by atoms with Gasteiger partial charge in [0, 0.05) is 12.3 Å². The lowest BCUT2D eigenvalue weighted by Crippen LogP contribution is -1.92. The second-order valence-electron chi connectivity index (χ2n) is 1.79. The minimum Gasteiger partial charge on any atom is -0.508 e. The summed E-state index contributed by atoms with van der Waals surface area (Å²) in [5, 5.41) is 8.92. The predicted octanol–water partition coefficient (Wildman–Crippen LogP) is 1.19. The van der Waals surface area contributed by atoms with Gasteiger partial charge in [-0.05, 0) is 13.0 Å². The van der Waals surface area contributed by atoms with Crippen LogP contribution in [0.5, 0.6) is 11.6 Å². The average Bonchev–Trinajstić information content (AvgIpc) is 1.88. The molecule has 0 atom stereocenters. The quantitative estimate of drug-likeness (QED) is 0.669. The van der Waals surface area contributed by atoms with Gasteiger partial charge >= 0.3 is 0 Å². The van der Waals surface area contributed by atoms with E-state index >= 15 is 0 Å². The number of aromatic hydroxyl groups is 1. The summed E-state index contributed by atoms with van der Waals surface area (Å²) in [6.07, 6.45) is 1.50. The zero-order valence-corrected chi connectivity index (χ0v) is 5.74. The van der Waals surface area contributed by atoms with Gasteiger partial charge in [0.2, 0.25) is 5.88 Å². The summed E-state index contributed by atoms with van der Waals surface area (Å²) >= 11 is 0. The van der Waals surface area contributed by atoms with Gasteiger partial charge in [0.1, 0.15) is 5.75 Å².